The molecule has 6 heterocycles. The number of rotatable bonds is 5. The zero-order valence-electron chi connectivity index (χ0n) is 45.4. The van der Waals surface area contributed by atoms with Gasteiger partial charge in [-0.1, -0.05) is 152 Å². The van der Waals surface area contributed by atoms with E-state index in [0.29, 0.717) is 5.69 Å². The number of fused-ring (bicyclic) bond motifs is 14. The van der Waals surface area contributed by atoms with Crippen molar-refractivity contribution in [2.24, 2.45) is 0 Å². The largest absolute Gasteiger partial charge is 0.458 e. The van der Waals surface area contributed by atoms with E-state index < -0.39 is 0 Å². The van der Waals surface area contributed by atoms with Gasteiger partial charge in [-0.05, 0) is 155 Å². The van der Waals surface area contributed by atoms with Gasteiger partial charge < -0.3 is 28.6 Å². The van der Waals surface area contributed by atoms with Crippen molar-refractivity contribution < 1.29 is 9.13 Å². The number of anilines is 9. The number of hydrogen-bond donors (Lipinski definition) is 0. The van der Waals surface area contributed by atoms with Crippen molar-refractivity contribution in [2.45, 2.75) is 13.8 Å². The Kier molecular flexibility index (Phi) is 9.62. The Morgan fingerprint density at radius 2 is 0.783 bits per heavy atom. The number of ether oxygens (including phenoxy) is 1. The summed E-state index contributed by atoms with van der Waals surface area (Å²) in [4.78, 5) is 7.15. The molecule has 0 bridgehead atoms. The summed E-state index contributed by atoms with van der Waals surface area (Å²) in [6.45, 7) is 3.97. The van der Waals surface area contributed by atoms with E-state index in [4.69, 9.17) is 4.74 Å². The van der Waals surface area contributed by atoms with Crippen LogP contribution in [0.15, 0.2) is 255 Å². The molecule has 0 spiro atoms. The minimum Gasteiger partial charge on any atom is -0.458 e. The van der Waals surface area contributed by atoms with Gasteiger partial charge in [0.15, 0.2) is 0 Å². The van der Waals surface area contributed by atoms with Gasteiger partial charge >= 0.3 is 0 Å². The average Bonchev–Trinajstić information content (AvgIpc) is 2.60. The highest BCUT2D eigenvalue weighted by atomic mass is 19.1. The highest BCUT2D eigenvalue weighted by Gasteiger charge is 2.48. The molecule has 0 fully saturated rings. The summed E-state index contributed by atoms with van der Waals surface area (Å²) in [7, 11) is 0. The molecule has 388 valence electrons. The van der Waals surface area contributed by atoms with Crippen molar-refractivity contribution in [1.29, 1.82) is 0 Å². The fourth-order valence-electron chi connectivity index (χ4n) is 14.9. The Bertz CT molecular complexity index is 5110. The second-order valence-corrected chi connectivity index (χ2v) is 22.6. The summed E-state index contributed by atoms with van der Waals surface area (Å²) >= 11 is 0. The van der Waals surface area contributed by atoms with E-state index in [0.717, 1.165) is 112 Å². The minimum atomic E-state index is -0.289. The Morgan fingerprint density at radius 1 is 0.313 bits per heavy atom. The highest BCUT2D eigenvalue weighted by molar-refractivity contribution is 7.02. The Hall–Kier alpha value is -10.5. The van der Waals surface area contributed by atoms with Gasteiger partial charge in [0.25, 0.3) is 13.4 Å². The molecule has 12 aromatic carbocycles. The first-order chi connectivity index (χ1) is 41.0. The summed E-state index contributed by atoms with van der Waals surface area (Å²) < 4.78 is 29.1. The number of benzene rings is 12. The van der Waals surface area contributed by atoms with E-state index in [-0.39, 0.29) is 19.2 Å². The number of para-hydroxylation sites is 7. The van der Waals surface area contributed by atoms with Crippen molar-refractivity contribution in [1.82, 2.24) is 9.13 Å². The van der Waals surface area contributed by atoms with Crippen LogP contribution in [0.5, 0.6) is 11.5 Å². The summed E-state index contributed by atoms with van der Waals surface area (Å²) in [6, 6.07) is 91.3. The van der Waals surface area contributed by atoms with Gasteiger partial charge in [-0.3, -0.25) is 0 Å². The maximum absolute atomic E-state index is 17.0. The van der Waals surface area contributed by atoms with Crippen molar-refractivity contribution >= 4 is 141 Å². The predicted molar refractivity (Wildman–Crippen MR) is 344 cm³/mol. The maximum atomic E-state index is 17.0. The smallest absolute Gasteiger partial charge is 0.256 e. The predicted octanol–water partition coefficient (Wildman–Crippen LogP) is 15.1. The second-order valence-electron chi connectivity index (χ2n) is 22.6. The van der Waals surface area contributed by atoms with Crippen molar-refractivity contribution in [2.75, 3.05) is 14.7 Å². The zero-order valence-corrected chi connectivity index (χ0v) is 45.4. The number of nitrogens with zero attached hydrogens (tertiary/aromatic N) is 5. The van der Waals surface area contributed by atoms with Crippen LogP contribution >= 0.6 is 0 Å². The molecule has 0 radical (unpaired) electrons. The Balaban J connectivity index is 0.969. The fraction of sp³-hybridized carbons (Fsp3) is 0.0270. The van der Waals surface area contributed by atoms with Gasteiger partial charge in [0.2, 0.25) is 0 Å². The Labute approximate surface area is 479 Å². The quantitative estimate of drug-likeness (QED) is 0.161. The van der Waals surface area contributed by atoms with Gasteiger partial charge in [-0.15, -0.1) is 0 Å². The molecular weight excluding hydrogens is 1020 g/mol. The van der Waals surface area contributed by atoms with Crippen LogP contribution in [0.2, 0.25) is 0 Å². The van der Waals surface area contributed by atoms with E-state index in [1.54, 1.807) is 12.1 Å². The molecule has 4 aliphatic heterocycles. The van der Waals surface area contributed by atoms with E-state index in [1.807, 2.05) is 12.1 Å². The first-order valence-electron chi connectivity index (χ1n) is 28.6. The van der Waals surface area contributed by atoms with E-state index in [9.17, 15) is 0 Å². The molecule has 18 rings (SSSR count). The molecule has 0 saturated carbocycles. The molecule has 0 atom stereocenters. The molecule has 4 aliphatic rings. The van der Waals surface area contributed by atoms with Crippen LogP contribution in [0.3, 0.4) is 0 Å². The van der Waals surface area contributed by atoms with Crippen molar-refractivity contribution in [3.05, 3.63) is 272 Å². The maximum Gasteiger partial charge on any atom is 0.256 e. The molecule has 0 N–H and O–H groups in total. The SMILES string of the molecule is Cc1cccc2c1c1ccccc1n2-c1cc2c3c(c1)N(c1ccccc1)c1cc4c(cc1B3c1ccccc1O2)B1c2ccccc2N(c2ccccc2F)c2cc(-n3c5ccccc5c5c(C)cccc53)cc(c21)N4c1ccccc1. The summed E-state index contributed by atoms with van der Waals surface area (Å²) in [5, 5.41) is 4.87. The third kappa shape index (κ3) is 6.39. The van der Waals surface area contributed by atoms with E-state index in [1.165, 1.54) is 43.6 Å². The van der Waals surface area contributed by atoms with Crippen LogP contribution in [0.1, 0.15) is 11.1 Å². The van der Waals surface area contributed by atoms with Gasteiger partial charge in [0.05, 0.1) is 39.1 Å². The molecule has 14 aromatic rings. The van der Waals surface area contributed by atoms with Crippen LogP contribution in [-0.4, -0.2) is 22.6 Å². The lowest BCUT2D eigenvalue weighted by molar-refractivity contribution is 0.487. The molecule has 0 saturated heterocycles. The molecule has 6 nitrogen and oxygen atoms in total. The van der Waals surface area contributed by atoms with Gasteiger partial charge in [-0.25, -0.2) is 4.39 Å². The Morgan fingerprint density at radius 3 is 1.40 bits per heavy atom. The zero-order chi connectivity index (χ0) is 54.8. The number of aromatic nitrogens is 2. The average molecular weight is 1060 g/mol. The molecule has 83 heavy (non-hydrogen) atoms. The molecule has 9 heteroatoms. The number of halogens is 1. The van der Waals surface area contributed by atoms with E-state index >= 15 is 4.39 Å². The lowest BCUT2D eigenvalue weighted by atomic mass is 9.30. The first kappa shape index (κ1) is 46.3. The van der Waals surface area contributed by atoms with Crippen LogP contribution < -0.4 is 52.2 Å². The topological polar surface area (TPSA) is 28.8 Å². The highest BCUT2D eigenvalue weighted by Crippen LogP contribution is 2.50. The molecule has 2 aromatic heterocycles. The first-order valence-corrected chi connectivity index (χ1v) is 28.6. The van der Waals surface area contributed by atoms with Gasteiger partial charge in [-0.2, -0.15) is 0 Å². The third-order valence-corrected chi connectivity index (χ3v) is 18.2. The van der Waals surface area contributed by atoms with Crippen LogP contribution in [0.25, 0.3) is 55.0 Å². The van der Waals surface area contributed by atoms with Crippen molar-refractivity contribution in [3.63, 3.8) is 0 Å². The van der Waals surface area contributed by atoms with Crippen LogP contribution in [0.4, 0.5) is 55.6 Å². The lowest BCUT2D eigenvalue weighted by Crippen LogP contribution is -2.64. The minimum absolute atomic E-state index is 0.194. The van der Waals surface area contributed by atoms with Crippen LogP contribution in [0, 0.1) is 19.7 Å². The molecular formula is C74H48B2FN5O. The standard InChI is InChI=1S/C74H48B2FN5O/c1-45-21-19-36-62-71(45)51-27-9-14-32-58(51)80(62)49-39-66-73-67(40-49)82(61-35-17-13-31-57(61)77)60-34-16-11-29-53(60)75(73)55-43-56-65(44-64(55)78(66)47-23-5-3-6-24-47)79(48-25-7-4-8-26-48)68-41-50(42-70-74(68)76(56)54-30-12-18-38-69(54)83-70)81-59-33-15-10-28-52(59)72-46(2)22-20-37-63(72)81/h3-44H,1-2H3. The summed E-state index contributed by atoms with van der Waals surface area (Å²) in [5.41, 5.74) is 24.4. The fourth-order valence-corrected chi connectivity index (χ4v) is 14.9. The normalized spacial score (nSPS) is 13.5. The monoisotopic (exact) mass is 1060 g/mol. The lowest BCUT2D eigenvalue weighted by Gasteiger charge is -2.46. The number of aryl methyl sites for hydroxylation is 2. The van der Waals surface area contributed by atoms with Crippen molar-refractivity contribution in [3.8, 4) is 22.9 Å². The second kappa shape index (κ2) is 17.3. The van der Waals surface area contributed by atoms with Gasteiger partial charge in [0.1, 0.15) is 17.3 Å². The third-order valence-electron chi connectivity index (χ3n) is 18.2. The molecule has 0 amide bonds. The molecule has 0 unspecified atom stereocenters. The van der Waals surface area contributed by atoms with Crippen LogP contribution in [-0.2, 0) is 0 Å². The summed E-state index contributed by atoms with van der Waals surface area (Å²) in [5.74, 6) is 1.39. The van der Waals surface area contributed by atoms with Gasteiger partial charge in [0, 0.05) is 73.1 Å². The summed E-state index contributed by atoms with van der Waals surface area (Å²) in [6.07, 6.45) is 0. The molecule has 0 aliphatic carbocycles. The number of hydrogen-bond acceptors (Lipinski definition) is 4. The van der Waals surface area contributed by atoms with E-state index in [2.05, 4.69) is 268 Å².